The summed E-state index contributed by atoms with van der Waals surface area (Å²) in [4.78, 5) is 16.0. The Morgan fingerprint density at radius 3 is 3.00 bits per heavy atom. The normalized spacial score (nSPS) is 16.7. The van der Waals surface area contributed by atoms with E-state index in [-0.39, 0.29) is 5.78 Å². The molecule has 0 bridgehead atoms. The van der Waals surface area contributed by atoms with Crippen molar-refractivity contribution in [3.05, 3.63) is 41.7 Å². The second-order valence-corrected chi connectivity index (χ2v) is 3.90. The van der Waals surface area contributed by atoms with Gasteiger partial charge in [-0.05, 0) is 43.4 Å². The molecule has 0 atom stereocenters. The van der Waals surface area contributed by atoms with Gasteiger partial charge in [0.1, 0.15) is 0 Å². The molecule has 2 nitrogen and oxygen atoms in total. The van der Waals surface area contributed by atoms with Crippen molar-refractivity contribution in [3.8, 4) is 0 Å². The number of hydrogen-bond donors (Lipinski definition) is 0. The van der Waals surface area contributed by atoms with Gasteiger partial charge < -0.3 is 0 Å². The first kappa shape index (κ1) is 10.1. The molecule has 0 saturated carbocycles. The highest BCUT2D eigenvalue weighted by molar-refractivity contribution is 6.08. The highest BCUT2D eigenvalue weighted by Gasteiger charge is 2.13. The smallest absolute Gasteiger partial charge is 0.190 e. The molecule has 0 saturated heterocycles. The van der Waals surface area contributed by atoms with E-state index >= 15 is 0 Å². The van der Waals surface area contributed by atoms with E-state index in [2.05, 4.69) is 11.1 Å². The van der Waals surface area contributed by atoms with Gasteiger partial charge in [0.25, 0.3) is 0 Å². The van der Waals surface area contributed by atoms with Gasteiger partial charge in [-0.15, -0.1) is 0 Å². The number of Topliss-reactive ketones (excluding diaryl/α,β-unsaturated/α-hetero) is 1. The van der Waals surface area contributed by atoms with E-state index in [0.717, 1.165) is 24.8 Å². The molecule has 1 aromatic heterocycles. The van der Waals surface area contributed by atoms with Crippen molar-refractivity contribution in [2.24, 2.45) is 0 Å². The third-order valence-corrected chi connectivity index (χ3v) is 2.76. The van der Waals surface area contributed by atoms with Crippen LogP contribution in [0.15, 0.2) is 36.2 Å². The van der Waals surface area contributed by atoms with Gasteiger partial charge >= 0.3 is 0 Å². The van der Waals surface area contributed by atoms with Crippen LogP contribution in [0.4, 0.5) is 0 Å². The van der Waals surface area contributed by atoms with Crippen LogP contribution in [0.3, 0.4) is 0 Å². The Balaban J connectivity index is 2.17. The second-order valence-electron chi connectivity index (χ2n) is 3.90. The minimum absolute atomic E-state index is 0.157. The molecule has 0 unspecified atom stereocenters. The largest absolute Gasteiger partial charge is 0.289 e. The summed E-state index contributed by atoms with van der Waals surface area (Å²) >= 11 is 0. The highest BCUT2D eigenvalue weighted by Crippen LogP contribution is 2.20. The van der Waals surface area contributed by atoms with Crippen LogP contribution in [0.25, 0.3) is 0 Å². The van der Waals surface area contributed by atoms with E-state index in [4.69, 9.17) is 0 Å². The van der Waals surface area contributed by atoms with Crippen LogP contribution in [-0.4, -0.2) is 10.8 Å². The highest BCUT2D eigenvalue weighted by atomic mass is 16.1. The van der Waals surface area contributed by atoms with Gasteiger partial charge in [-0.1, -0.05) is 12.5 Å². The molecule has 15 heavy (non-hydrogen) atoms. The maximum atomic E-state index is 12.0. The molecule has 2 heteroatoms. The fraction of sp³-hybridized carbons (Fsp3) is 0.385. The average molecular weight is 201 g/mol. The average Bonchev–Trinajstić information content (AvgIpc) is 2.58. The second kappa shape index (κ2) is 4.87. The van der Waals surface area contributed by atoms with E-state index in [1.54, 1.807) is 12.4 Å². The van der Waals surface area contributed by atoms with E-state index in [1.165, 1.54) is 12.8 Å². The van der Waals surface area contributed by atoms with Gasteiger partial charge in [0.05, 0.1) is 0 Å². The number of pyridine rings is 1. The molecule has 2 rings (SSSR count). The van der Waals surface area contributed by atoms with Gasteiger partial charge in [-0.3, -0.25) is 9.78 Å². The summed E-state index contributed by atoms with van der Waals surface area (Å²) < 4.78 is 0. The number of nitrogens with zero attached hydrogens (tertiary/aromatic N) is 1. The predicted octanol–water partition coefficient (Wildman–Crippen LogP) is 3.15. The first-order valence-electron chi connectivity index (χ1n) is 5.52. The number of carbonyl (C=O) groups excluding carboxylic acids is 1. The summed E-state index contributed by atoms with van der Waals surface area (Å²) in [7, 11) is 0. The van der Waals surface area contributed by atoms with Gasteiger partial charge in [0.2, 0.25) is 0 Å². The predicted molar refractivity (Wildman–Crippen MR) is 59.7 cm³/mol. The van der Waals surface area contributed by atoms with E-state index in [0.29, 0.717) is 5.56 Å². The van der Waals surface area contributed by atoms with Crippen molar-refractivity contribution in [1.29, 1.82) is 0 Å². The lowest BCUT2D eigenvalue weighted by molar-refractivity contribution is 0.103. The molecule has 0 aliphatic heterocycles. The first-order chi connectivity index (χ1) is 7.38. The SMILES string of the molecule is O=C(C1=CCCCCC1)c1cccnc1. The Kier molecular flexibility index (Phi) is 3.28. The van der Waals surface area contributed by atoms with Gasteiger partial charge in [0.15, 0.2) is 5.78 Å². The number of aromatic nitrogens is 1. The Bertz CT molecular complexity index is 367. The molecule has 78 valence electrons. The molecular formula is C13H15NO. The zero-order chi connectivity index (χ0) is 10.5. The van der Waals surface area contributed by atoms with Gasteiger partial charge in [-0.2, -0.15) is 0 Å². The van der Waals surface area contributed by atoms with Crippen molar-refractivity contribution < 1.29 is 4.79 Å². The summed E-state index contributed by atoms with van der Waals surface area (Å²) in [6, 6.07) is 3.64. The fourth-order valence-corrected chi connectivity index (χ4v) is 1.90. The number of rotatable bonds is 2. The van der Waals surface area contributed by atoms with Gasteiger partial charge in [-0.25, -0.2) is 0 Å². The van der Waals surface area contributed by atoms with Crippen LogP contribution in [0, 0.1) is 0 Å². The fourth-order valence-electron chi connectivity index (χ4n) is 1.90. The summed E-state index contributed by atoms with van der Waals surface area (Å²) in [5.41, 5.74) is 1.69. The van der Waals surface area contributed by atoms with Crippen molar-refractivity contribution in [2.75, 3.05) is 0 Å². The number of allylic oxidation sites excluding steroid dienone is 2. The van der Waals surface area contributed by atoms with Crippen LogP contribution >= 0.6 is 0 Å². The number of ketones is 1. The standard InChI is InChI=1S/C13H15NO/c15-13(12-8-5-9-14-10-12)11-6-3-1-2-4-7-11/h5-6,8-10H,1-4,7H2. The Morgan fingerprint density at radius 2 is 2.20 bits per heavy atom. The van der Waals surface area contributed by atoms with Crippen LogP contribution in [-0.2, 0) is 0 Å². The molecule has 0 fully saturated rings. The third-order valence-electron chi connectivity index (χ3n) is 2.76. The minimum Gasteiger partial charge on any atom is -0.289 e. The Hall–Kier alpha value is -1.44. The van der Waals surface area contributed by atoms with Crippen molar-refractivity contribution in [3.63, 3.8) is 0 Å². The zero-order valence-electron chi connectivity index (χ0n) is 8.78. The molecule has 0 N–H and O–H groups in total. The summed E-state index contributed by atoms with van der Waals surface area (Å²) in [6.07, 6.45) is 11.0. The molecule has 1 aliphatic carbocycles. The third kappa shape index (κ3) is 2.52. The first-order valence-corrected chi connectivity index (χ1v) is 5.52. The lowest BCUT2D eigenvalue weighted by atomic mass is 10.0. The summed E-state index contributed by atoms with van der Waals surface area (Å²) in [6.45, 7) is 0. The molecular weight excluding hydrogens is 186 g/mol. The maximum absolute atomic E-state index is 12.0. The van der Waals surface area contributed by atoms with Gasteiger partial charge in [0, 0.05) is 18.0 Å². The summed E-state index contributed by atoms with van der Waals surface area (Å²) in [5, 5.41) is 0. The molecule has 1 aromatic rings. The number of hydrogen-bond acceptors (Lipinski definition) is 2. The van der Waals surface area contributed by atoms with Crippen LogP contribution in [0.5, 0.6) is 0 Å². The Labute approximate surface area is 90.0 Å². The zero-order valence-corrected chi connectivity index (χ0v) is 8.78. The monoisotopic (exact) mass is 201 g/mol. The lowest BCUT2D eigenvalue weighted by Gasteiger charge is -2.03. The maximum Gasteiger partial charge on any atom is 0.190 e. The van der Waals surface area contributed by atoms with Crippen molar-refractivity contribution >= 4 is 5.78 Å². The molecule has 0 amide bonds. The van der Waals surface area contributed by atoms with Crippen molar-refractivity contribution in [1.82, 2.24) is 4.98 Å². The molecule has 0 spiro atoms. The van der Waals surface area contributed by atoms with E-state index in [1.807, 2.05) is 12.1 Å². The molecule has 1 heterocycles. The van der Waals surface area contributed by atoms with Crippen LogP contribution in [0.2, 0.25) is 0 Å². The van der Waals surface area contributed by atoms with E-state index in [9.17, 15) is 4.79 Å². The topological polar surface area (TPSA) is 30.0 Å². The van der Waals surface area contributed by atoms with Crippen LogP contribution < -0.4 is 0 Å². The quantitative estimate of drug-likeness (QED) is 0.688. The lowest BCUT2D eigenvalue weighted by Crippen LogP contribution is -2.03. The molecule has 1 aliphatic rings. The molecule has 0 radical (unpaired) electrons. The minimum atomic E-state index is 0.157. The molecule has 0 aromatic carbocycles. The van der Waals surface area contributed by atoms with Crippen molar-refractivity contribution in [2.45, 2.75) is 32.1 Å². The Morgan fingerprint density at radius 1 is 1.27 bits per heavy atom. The van der Waals surface area contributed by atoms with Crippen LogP contribution in [0.1, 0.15) is 42.5 Å². The number of carbonyl (C=O) groups is 1. The van der Waals surface area contributed by atoms with E-state index < -0.39 is 0 Å². The summed E-state index contributed by atoms with van der Waals surface area (Å²) in [5.74, 6) is 0.157.